The molecule has 0 radical (unpaired) electrons. The topological polar surface area (TPSA) is 88.8 Å². The van der Waals surface area contributed by atoms with Crippen molar-refractivity contribution in [3.05, 3.63) is 51.3 Å². The number of nitrogens with zero attached hydrogens (tertiary/aromatic N) is 1. The fourth-order valence-electron chi connectivity index (χ4n) is 2.29. The third kappa shape index (κ3) is 3.66. The van der Waals surface area contributed by atoms with Gasteiger partial charge in [0.15, 0.2) is 0 Å². The Labute approximate surface area is 161 Å². The van der Waals surface area contributed by atoms with Gasteiger partial charge >= 0.3 is 12.0 Å². The van der Waals surface area contributed by atoms with Crippen LogP contribution in [0.3, 0.4) is 0 Å². The summed E-state index contributed by atoms with van der Waals surface area (Å²) < 4.78 is 10.9. The minimum Gasteiger partial charge on any atom is -0.468 e. The monoisotopic (exact) mass is 438 g/mol. The smallest absolute Gasteiger partial charge is 0.329 e. The molecular formula is C17H12BrClN2O5. The number of carbonyl (C=O) groups is 3. The van der Waals surface area contributed by atoms with E-state index in [0.717, 1.165) is 14.9 Å². The summed E-state index contributed by atoms with van der Waals surface area (Å²) in [6, 6.07) is 8.04. The van der Waals surface area contributed by atoms with E-state index in [1.807, 2.05) is 6.07 Å². The van der Waals surface area contributed by atoms with Gasteiger partial charge in [0.05, 0.1) is 12.1 Å². The Hall–Kier alpha value is -2.58. The van der Waals surface area contributed by atoms with Crippen molar-refractivity contribution in [2.75, 3.05) is 13.7 Å². The molecule has 1 aromatic carbocycles. The average molecular weight is 440 g/mol. The molecular weight excluding hydrogens is 428 g/mol. The molecule has 1 fully saturated rings. The summed E-state index contributed by atoms with van der Waals surface area (Å²) in [5.41, 5.74) is 0.769. The molecule has 26 heavy (non-hydrogen) atoms. The van der Waals surface area contributed by atoms with Crippen molar-refractivity contribution >= 4 is 51.5 Å². The van der Waals surface area contributed by atoms with E-state index < -0.39 is 24.5 Å². The van der Waals surface area contributed by atoms with Crippen LogP contribution in [-0.2, 0) is 14.3 Å². The minimum absolute atomic E-state index is 0.00800. The predicted molar refractivity (Wildman–Crippen MR) is 97.1 cm³/mol. The van der Waals surface area contributed by atoms with E-state index in [1.165, 1.54) is 13.2 Å². The van der Waals surface area contributed by atoms with Gasteiger partial charge in [-0.1, -0.05) is 17.7 Å². The Morgan fingerprint density at radius 2 is 2.12 bits per heavy atom. The SMILES string of the molecule is COC(=O)CN1C(=O)N/C(=C/c2ccc(-c3ccc(Br)c(Cl)c3)o2)C1=O. The van der Waals surface area contributed by atoms with Crippen LogP contribution in [0.1, 0.15) is 5.76 Å². The number of amides is 3. The van der Waals surface area contributed by atoms with Crippen molar-refractivity contribution in [2.24, 2.45) is 0 Å². The zero-order chi connectivity index (χ0) is 18.8. The van der Waals surface area contributed by atoms with Crippen molar-refractivity contribution in [3.8, 4) is 11.3 Å². The Morgan fingerprint density at radius 1 is 1.35 bits per heavy atom. The third-order valence-corrected chi connectivity index (χ3v) is 4.83. The Balaban J connectivity index is 1.82. The summed E-state index contributed by atoms with van der Waals surface area (Å²) >= 11 is 9.39. The van der Waals surface area contributed by atoms with Crippen LogP contribution in [0.15, 0.2) is 44.9 Å². The van der Waals surface area contributed by atoms with Gasteiger partial charge in [0.2, 0.25) is 0 Å². The quantitative estimate of drug-likeness (QED) is 0.448. The van der Waals surface area contributed by atoms with Crippen LogP contribution in [-0.4, -0.2) is 36.5 Å². The first kappa shape index (κ1) is 18.2. The summed E-state index contributed by atoms with van der Waals surface area (Å²) in [5.74, 6) is -0.413. The minimum atomic E-state index is -0.696. The van der Waals surface area contributed by atoms with Crippen LogP contribution >= 0.6 is 27.5 Å². The summed E-state index contributed by atoms with van der Waals surface area (Å²) in [7, 11) is 1.18. The summed E-state index contributed by atoms with van der Waals surface area (Å²) in [5, 5.41) is 2.94. The first-order valence-corrected chi connectivity index (χ1v) is 8.52. The lowest BCUT2D eigenvalue weighted by atomic mass is 10.2. The zero-order valence-electron chi connectivity index (χ0n) is 13.4. The fourth-order valence-corrected chi connectivity index (χ4v) is 2.71. The van der Waals surface area contributed by atoms with Crippen molar-refractivity contribution in [2.45, 2.75) is 0 Å². The molecule has 3 amide bonds. The normalized spacial score (nSPS) is 15.5. The molecule has 1 saturated heterocycles. The standard InChI is InChI=1S/C17H12BrClN2O5/c1-25-15(22)8-21-16(23)13(20-17(21)24)7-10-3-5-14(26-10)9-2-4-11(18)12(19)6-9/h2-7H,8H2,1H3,(H,20,24)/b13-7+. The molecule has 1 aromatic heterocycles. The van der Waals surface area contributed by atoms with Gasteiger partial charge in [-0.2, -0.15) is 0 Å². The van der Waals surface area contributed by atoms with E-state index in [4.69, 9.17) is 16.0 Å². The molecule has 2 aromatic rings. The van der Waals surface area contributed by atoms with E-state index in [9.17, 15) is 14.4 Å². The van der Waals surface area contributed by atoms with Crippen LogP contribution in [0.4, 0.5) is 4.79 Å². The number of hydrogen-bond acceptors (Lipinski definition) is 5. The molecule has 0 aliphatic carbocycles. The van der Waals surface area contributed by atoms with Gasteiger partial charge in [0.25, 0.3) is 5.91 Å². The highest BCUT2D eigenvalue weighted by atomic mass is 79.9. The number of carbonyl (C=O) groups excluding carboxylic acids is 3. The van der Waals surface area contributed by atoms with Crippen LogP contribution < -0.4 is 5.32 Å². The number of ether oxygens (including phenoxy) is 1. The van der Waals surface area contributed by atoms with E-state index in [-0.39, 0.29) is 5.70 Å². The second kappa shape index (κ2) is 7.35. The average Bonchev–Trinajstić information content (AvgIpc) is 3.18. The van der Waals surface area contributed by atoms with Crippen LogP contribution in [0, 0.1) is 0 Å². The number of urea groups is 1. The molecule has 3 rings (SSSR count). The molecule has 134 valence electrons. The zero-order valence-corrected chi connectivity index (χ0v) is 15.8. The van der Waals surface area contributed by atoms with Crippen molar-refractivity contribution < 1.29 is 23.5 Å². The highest BCUT2D eigenvalue weighted by Gasteiger charge is 2.35. The van der Waals surface area contributed by atoms with Crippen molar-refractivity contribution in [3.63, 3.8) is 0 Å². The second-order valence-electron chi connectivity index (χ2n) is 5.29. The molecule has 9 heteroatoms. The number of halogens is 2. The van der Waals surface area contributed by atoms with Gasteiger partial charge in [0.1, 0.15) is 23.8 Å². The lowest BCUT2D eigenvalue weighted by molar-refractivity contribution is -0.143. The van der Waals surface area contributed by atoms with Gasteiger partial charge in [-0.3, -0.25) is 9.59 Å². The highest BCUT2D eigenvalue weighted by molar-refractivity contribution is 9.10. The molecule has 1 N–H and O–H groups in total. The number of methoxy groups -OCH3 is 1. The van der Waals surface area contributed by atoms with Gasteiger partial charge in [-0.15, -0.1) is 0 Å². The van der Waals surface area contributed by atoms with Crippen LogP contribution in [0.25, 0.3) is 17.4 Å². The Kier molecular flexibility index (Phi) is 5.15. The van der Waals surface area contributed by atoms with Crippen molar-refractivity contribution in [1.82, 2.24) is 10.2 Å². The molecule has 0 spiro atoms. The van der Waals surface area contributed by atoms with Gasteiger partial charge < -0.3 is 14.5 Å². The number of furan rings is 1. The largest absolute Gasteiger partial charge is 0.468 e. The first-order chi connectivity index (χ1) is 12.4. The van der Waals surface area contributed by atoms with Gasteiger partial charge in [0, 0.05) is 16.1 Å². The molecule has 1 aliphatic heterocycles. The molecule has 1 aliphatic rings. The summed E-state index contributed by atoms with van der Waals surface area (Å²) in [6.07, 6.45) is 1.39. The maximum Gasteiger partial charge on any atom is 0.329 e. The number of hydrogen-bond donors (Lipinski definition) is 1. The van der Waals surface area contributed by atoms with Crippen LogP contribution in [0.2, 0.25) is 5.02 Å². The molecule has 0 bridgehead atoms. The highest BCUT2D eigenvalue weighted by Crippen LogP contribution is 2.30. The molecule has 2 heterocycles. The molecule has 0 unspecified atom stereocenters. The van der Waals surface area contributed by atoms with Gasteiger partial charge in [-0.05, 0) is 40.2 Å². The maximum atomic E-state index is 12.2. The van der Waals surface area contributed by atoms with Gasteiger partial charge in [-0.25, -0.2) is 9.69 Å². The predicted octanol–water partition coefficient (Wildman–Crippen LogP) is 3.43. The van der Waals surface area contributed by atoms with E-state index >= 15 is 0 Å². The number of nitrogens with one attached hydrogen (secondary N) is 1. The Bertz CT molecular complexity index is 937. The van der Waals surface area contributed by atoms with E-state index in [2.05, 4.69) is 26.0 Å². The number of imide groups is 1. The van der Waals surface area contributed by atoms with E-state index in [0.29, 0.717) is 16.5 Å². The summed E-state index contributed by atoms with van der Waals surface area (Å²) in [6.45, 7) is -0.459. The second-order valence-corrected chi connectivity index (χ2v) is 6.55. The lowest BCUT2D eigenvalue weighted by Gasteiger charge is -2.08. The molecule has 7 nitrogen and oxygen atoms in total. The molecule has 0 atom stereocenters. The Morgan fingerprint density at radius 3 is 2.81 bits per heavy atom. The van der Waals surface area contributed by atoms with Crippen LogP contribution in [0.5, 0.6) is 0 Å². The first-order valence-electron chi connectivity index (χ1n) is 7.35. The maximum absolute atomic E-state index is 12.2. The lowest BCUT2D eigenvalue weighted by Crippen LogP contribution is -2.36. The number of rotatable bonds is 4. The summed E-state index contributed by atoms with van der Waals surface area (Å²) in [4.78, 5) is 36.1. The third-order valence-electron chi connectivity index (χ3n) is 3.59. The van der Waals surface area contributed by atoms with Crippen molar-refractivity contribution in [1.29, 1.82) is 0 Å². The fraction of sp³-hybridized carbons (Fsp3) is 0.118. The van der Waals surface area contributed by atoms with E-state index in [1.54, 1.807) is 24.3 Å². The number of benzene rings is 1. The molecule has 0 saturated carbocycles. The number of esters is 1.